The molecule has 1 amide bonds. The summed E-state index contributed by atoms with van der Waals surface area (Å²) in [5, 5.41) is 3.85. The number of amides is 1. The van der Waals surface area contributed by atoms with Crippen molar-refractivity contribution in [2.75, 3.05) is 18.8 Å². The average molecular weight is 354 g/mol. The maximum absolute atomic E-state index is 12.2. The maximum atomic E-state index is 12.2. The van der Waals surface area contributed by atoms with Crippen LogP contribution in [0.1, 0.15) is 27.9 Å². The molecule has 5 nitrogen and oxygen atoms in total. The lowest BCUT2D eigenvalue weighted by atomic mass is 9.99. The van der Waals surface area contributed by atoms with Gasteiger partial charge in [0.15, 0.2) is 0 Å². The first kappa shape index (κ1) is 17.8. The molecule has 2 aromatic rings. The molecule has 1 aliphatic heterocycles. The first-order valence-corrected chi connectivity index (χ1v) is 8.60. The van der Waals surface area contributed by atoms with E-state index in [1.54, 1.807) is 17.8 Å². The van der Waals surface area contributed by atoms with Gasteiger partial charge in [0.2, 0.25) is 0 Å². The second kappa shape index (κ2) is 7.86. The lowest BCUT2D eigenvalue weighted by molar-refractivity contribution is 0.0953. The van der Waals surface area contributed by atoms with Crippen LogP contribution in [-0.2, 0) is 12.2 Å². The van der Waals surface area contributed by atoms with E-state index in [-0.39, 0.29) is 23.9 Å². The average Bonchev–Trinajstić information content (AvgIpc) is 2.55. The van der Waals surface area contributed by atoms with Crippen molar-refractivity contribution in [3.63, 3.8) is 0 Å². The summed E-state index contributed by atoms with van der Waals surface area (Å²) in [6.07, 6.45) is 1.64. The van der Waals surface area contributed by atoms with E-state index in [2.05, 4.69) is 10.3 Å². The highest BCUT2D eigenvalue weighted by atomic mass is 35.5. The van der Waals surface area contributed by atoms with Gasteiger partial charge in [0.05, 0.1) is 0 Å². The summed E-state index contributed by atoms with van der Waals surface area (Å²) >= 11 is 1.77. The summed E-state index contributed by atoms with van der Waals surface area (Å²) < 4.78 is 0. The molecule has 1 aliphatic rings. The quantitative estimate of drug-likeness (QED) is 0.731. The molecule has 4 N–H and O–H groups in total. The zero-order valence-corrected chi connectivity index (χ0v) is 14.3. The molecule has 0 bridgehead atoms. The molecular formula is C16H20ClN3O2S. The molecule has 23 heavy (non-hydrogen) atoms. The number of carbonyl (C=O) groups is 1. The van der Waals surface area contributed by atoms with Crippen LogP contribution in [-0.4, -0.2) is 29.7 Å². The third kappa shape index (κ3) is 3.71. The number of hydrogen-bond donors (Lipinski definition) is 3. The van der Waals surface area contributed by atoms with Crippen molar-refractivity contribution in [2.45, 2.75) is 18.6 Å². The molecule has 0 fully saturated rings. The highest BCUT2D eigenvalue weighted by Gasteiger charge is 2.17. The lowest BCUT2D eigenvalue weighted by Gasteiger charge is -2.17. The van der Waals surface area contributed by atoms with Gasteiger partial charge in [-0.1, -0.05) is 0 Å². The first-order chi connectivity index (χ1) is 10.7. The van der Waals surface area contributed by atoms with Crippen LogP contribution in [0.25, 0.3) is 10.9 Å². The first-order valence-electron chi connectivity index (χ1n) is 7.44. The van der Waals surface area contributed by atoms with Crippen molar-refractivity contribution < 1.29 is 4.79 Å². The van der Waals surface area contributed by atoms with E-state index in [0.717, 1.165) is 46.4 Å². The Morgan fingerprint density at radius 3 is 2.96 bits per heavy atom. The van der Waals surface area contributed by atoms with Crippen molar-refractivity contribution >= 4 is 41.0 Å². The summed E-state index contributed by atoms with van der Waals surface area (Å²) in [7, 11) is 0. The van der Waals surface area contributed by atoms with Crippen LogP contribution in [0.3, 0.4) is 0 Å². The molecule has 124 valence electrons. The molecule has 1 aromatic carbocycles. The van der Waals surface area contributed by atoms with Crippen LogP contribution in [0.5, 0.6) is 0 Å². The van der Waals surface area contributed by atoms with E-state index in [1.807, 2.05) is 12.1 Å². The van der Waals surface area contributed by atoms with Gasteiger partial charge >= 0.3 is 0 Å². The van der Waals surface area contributed by atoms with Crippen LogP contribution < -0.4 is 16.6 Å². The van der Waals surface area contributed by atoms with Gasteiger partial charge < -0.3 is 16.0 Å². The number of nitrogens with two attached hydrogens (primary N) is 1. The Bertz CT molecular complexity index is 776. The Hall–Kier alpha value is -1.50. The maximum Gasteiger partial charge on any atom is 0.252 e. The molecule has 2 heterocycles. The summed E-state index contributed by atoms with van der Waals surface area (Å²) in [4.78, 5) is 27.2. The van der Waals surface area contributed by atoms with Crippen LogP contribution in [0.4, 0.5) is 0 Å². The number of halogens is 1. The SMILES string of the molecule is Cl.NCCCNC(=O)c1ccc2[nH]c(=O)c3c(c2c1)CCSC3. The largest absolute Gasteiger partial charge is 0.352 e. The summed E-state index contributed by atoms with van der Waals surface area (Å²) in [5.74, 6) is 1.66. The Morgan fingerprint density at radius 1 is 1.35 bits per heavy atom. The van der Waals surface area contributed by atoms with Crippen molar-refractivity contribution in [2.24, 2.45) is 5.73 Å². The fourth-order valence-corrected chi connectivity index (χ4v) is 3.74. The molecule has 0 radical (unpaired) electrons. The molecule has 0 spiro atoms. The van der Waals surface area contributed by atoms with Crippen molar-refractivity contribution in [3.8, 4) is 0 Å². The van der Waals surface area contributed by atoms with Crippen LogP contribution in [0.2, 0.25) is 0 Å². The van der Waals surface area contributed by atoms with E-state index >= 15 is 0 Å². The number of aryl methyl sites for hydroxylation is 1. The van der Waals surface area contributed by atoms with Gasteiger partial charge in [-0.3, -0.25) is 9.59 Å². The Kier molecular flexibility index (Phi) is 6.10. The molecular weight excluding hydrogens is 334 g/mol. The predicted molar refractivity (Wildman–Crippen MR) is 97.7 cm³/mol. The zero-order chi connectivity index (χ0) is 15.5. The molecule has 7 heteroatoms. The molecule has 0 aliphatic carbocycles. The summed E-state index contributed by atoms with van der Waals surface area (Å²) in [5.41, 5.74) is 8.79. The standard InChI is InChI=1S/C16H19N3O2S.ClH/c17-5-1-6-18-15(20)10-2-3-14-12(8-10)11-4-7-22-9-13(11)16(21)19-14;/h2-3,8H,1,4-7,9,17H2,(H,18,20)(H,19,21);1H. The highest BCUT2D eigenvalue weighted by Crippen LogP contribution is 2.28. The van der Waals surface area contributed by atoms with Crippen LogP contribution in [0.15, 0.2) is 23.0 Å². The molecule has 0 atom stereocenters. The number of fused-ring (bicyclic) bond motifs is 3. The molecule has 0 saturated heterocycles. The fourth-order valence-electron chi connectivity index (χ4n) is 2.73. The fraction of sp³-hybridized carbons (Fsp3) is 0.375. The number of benzene rings is 1. The monoisotopic (exact) mass is 353 g/mol. The van der Waals surface area contributed by atoms with E-state index < -0.39 is 0 Å². The molecule has 1 aromatic heterocycles. The third-order valence-corrected chi connectivity index (χ3v) is 4.89. The topological polar surface area (TPSA) is 88.0 Å². The number of rotatable bonds is 4. The van der Waals surface area contributed by atoms with Crippen LogP contribution >= 0.6 is 24.2 Å². The van der Waals surface area contributed by atoms with Gasteiger partial charge in [-0.25, -0.2) is 0 Å². The van der Waals surface area contributed by atoms with Gasteiger partial charge in [0.25, 0.3) is 11.5 Å². The van der Waals surface area contributed by atoms with E-state index in [4.69, 9.17) is 5.73 Å². The van der Waals surface area contributed by atoms with Gasteiger partial charge in [0.1, 0.15) is 0 Å². The van der Waals surface area contributed by atoms with E-state index in [9.17, 15) is 9.59 Å². The normalized spacial score (nSPS) is 13.3. The molecule has 0 saturated carbocycles. The number of thioether (sulfide) groups is 1. The summed E-state index contributed by atoms with van der Waals surface area (Å²) in [6.45, 7) is 1.14. The second-order valence-corrected chi connectivity index (χ2v) is 6.48. The van der Waals surface area contributed by atoms with Gasteiger partial charge in [-0.05, 0) is 48.9 Å². The number of pyridine rings is 1. The number of hydrogen-bond acceptors (Lipinski definition) is 4. The smallest absolute Gasteiger partial charge is 0.252 e. The van der Waals surface area contributed by atoms with E-state index in [1.165, 1.54) is 0 Å². The van der Waals surface area contributed by atoms with Crippen molar-refractivity contribution in [1.29, 1.82) is 0 Å². The van der Waals surface area contributed by atoms with Gasteiger partial charge in [0, 0.05) is 34.3 Å². The number of H-pyrrole nitrogens is 1. The Balaban J connectivity index is 0.00000192. The van der Waals surface area contributed by atoms with Gasteiger partial charge in [-0.15, -0.1) is 12.4 Å². The third-order valence-electron chi connectivity index (χ3n) is 3.90. The number of nitrogens with one attached hydrogen (secondary N) is 2. The zero-order valence-electron chi connectivity index (χ0n) is 12.7. The lowest BCUT2D eigenvalue weighted by Crippen LogP contribution is -2.26. The predicted octanol–water partition coefficient (Wildman–Crippen LogP) is 1.82. The molecule has 3 rings (SSSR count). The van der Waals surface area contributed by atoms with Crippen molar-refractivity contribution in [3.05, 3.63) is 45.2 Å². The van der Waals surface area contributed by atoms with Gasteiger partial charge in [-0.2, -0.15) is 11.8 Å². The van der Waals surface area contributed by atoms with Crippen molar-refractivity contribution in [1.82, 2.24) is 10.3 Å². The number of aromatic amines is 1. The Labute approximate surface area is 144 Å². The minimum atomic E-state index is -0.0968. The Morgan fingerprint density at radius 2 is 2.17 bits per heavy atom. The highest BCUT2D eigenvalue weighted by molar-refractivity contribution is 7.98. The summed E-state index contributed by atoms with van der Waals surface area (Å²) in [6, 6.07) is 5.45. The second-order valence-electron chi connectivity index (χ2n) is 5.37. The van der Waals surface area contributed by atoms with Crippen LogP contribution in [0, 0.1) is 0 Å². The number of carbonyl (C=O) groups excluding carboxylic acids is 1. The van der Waals surface area contributed by atoms with E-state index in [0.29, 0.717) is 18.7 Å². The minimum Gasteiger partial charge on any atom is -0.352 e. The minimum absolute atomic E-state index is 0. The number of aromatic nitrogens is 1. The molecule has 0 unspecified atom stereocenters.